The molecule has 0 bridgehead atoms. The number of hydrogen-bond acceptors (Lipinski definition) is 3. The minimum Gasteiger partial charge on any atom is -0.481 e. The molecule has 2 fully saturated rings. The number of carboxylic acid groups (broad SMARTS) is 1. The largest absolute Gasteiger partial charge is 0.481 e. The highest BCUT2D eigenvalue weighted by Crippen LogP contribution is 2.30. The summed E-state index contributed by atoms with van der Waals surface area (Å²) in [6.07, 6.45) is 1.82. The van der Waals surface area contributed by atoms with E-state index >= 15 is 0 Å². The lowest BCUT2D eigenvalue weighted by molar-refractivity contribution is -0.136. The SMILES string of the molecule is O=C(O)Cc1ccccc1NC(=O)N1CCN(C2CC2)C1=O. The average molecular weight is 303 g/mol. The van der Waals surface area contributed by atoms with Gasteiger partial charge in [-0.2, -0.15) is 0 Å². The van der Waals surface area contributed by atoms with E-state index in [1.807, 2.05) is 0 Å². The summed E-state index contributed by atoms with van der Waals surface area (Å²) in [5.41, 5.74) is 0.932. The molecule has 0 atom stereocenters. The number of nitrogens with zero attached hydrogens (tertiary/aromatic N) is 2. The average Bonchev–Trinajstić information content (AvgIpc) is 3.23. The maximum absolute atomic E-state index is 12.3. The van der Waals surface area contributed by atoms with Gasteiger partial charge >= 0.3 is 18.0 Å². The summed E-state index contributed by atoms with van der Waals surface area (Å²) in [6.45, 7) is 0.927. The van der Waals surface area contributed by atoms with Crippen LogP contribution in [0.15, 0.2) is 24.3 Å². The van der Waals surface area contributed by atoms with Gasteiger partial charge in [0.25, 0.3) is 0 Å². The number of anilines is 1. The lowest BCUT2D eigenvalue weighted by Gasteiger charge is -2.18. The molecule has 0 unspecified atom stereocenters. The van der Waals surface area contributed by atoms with Crippen LogP contribution in [0.2, 0.25) is 0 Å². The quantitative estimate of drug-likeness (QED) is 0.886. The van der Waals surface area contributed by atoms with Crippen LogP contribution >= 0.6 is 0 Å². The first-order valence-corrected chi connectivity index (χ1v) is 7.25. The first-order chi connectivity index (χ1) is 10.6. The van der Waals surface area contributed by atoms with Gasteiger partial charge in [0.15, 0.2) is 0 Å². The molecule has 1 aliphatic carbocycles. The monoisotopic (exact) mass is 303 g/mol. The van der Waals surface area contributed by atoms with Crippen LogP contribution in [-0.2, 0) is 11.2 Å². The van der Waals surface area contributed by atoms with E-state index in [0.29, 0.717) is 24.3 Å². The van der Waals surface area contributed by atoms with Crippen molar-refractivity contribution in [3.05, 3.63) is 29.8 Å². The number of carboxylic acids is 1. The summed E-state index contributed by atoms with van der Waals surface area (Å²) in [5, 5.41) is 11.5. The van der Waals surface area contributed by atoms with Gasteiger partial charge in [-0.05, 0) is 24.5 Å². The number of carbonyl (C=O) groups excluding carboxylic acids is 2. The first-order valence-electron chi connectivity index (χ1n) is 7.25. The number of para-hydroxylation sites is 1. The normalized spacial score (nSPS) is 17.7. The van der Waals surface area contributed by atoms with E-state index in [1.165, 1.54) is 4.90 Å². The molecule has 7 heteroatoms. The zero-order chi connectivity index (χ0) is 15.7. The Kier molecular flexibility index (Phi) is 3.70. The summed E-state index contributed by atoms with van der Waals surface area (Å²) >= 11 is 0. The molecule has 22 heavy (non-hydrogen) atoms. The van der Waals surface area contributed by atoms with Crippen LogP contribution in [0.1, 0.15) is 18.4 Å². The molecule has 116 valence electrons. The highest BCUT2D eigenvalue weighted by molar-refractivity contribution is 6.02. The molecular formula is C15H17N3O4. The van der Waals surface area contributed by atoms with Crippen molar-refractivity contribution < 1.29 is 19.5 Å². The van der Waals surface area contributed by atoms with Crippen molar-refractivity contribution in [1.29, 1.82) is 0 Å². The molecule has 1 aliphatic heterocycles. The molecule has 1 saturated carbocycles. The molecule has 3 rings (SSSR count). The molecule has 0 radical (unpaired) electrons. The Hall–Kier alpha value is -2.57. The van der Waals surface area contributed by atoms with Crippen molar-refractivity contribution in [2.75, 3.05) is 18.4 Å². The Morgan fingerprint density at radius 3 is 2.64 bits per heavy atom. The smallest absolute Gasteiger partial charge is 0.330 e. The molecule has 1 aromatic carbocycles. The van der Waals surface area contributed by atoms with Crippen LogP contribution in [0, 0.1) is 0 Å². The van der Waals surface area contributed by atoms with Crippen LogP contribution in [-0.4, -0.2) is 52.1 Å². The van der Waals surface area contributed by atoms with Gasteiger partial charge < -0.3 is 15.3 Å². The number of benzene rings is 1. The summed E-state index contributed by atoms with van der Waals surface area (Å²) in [5.74, 6) is -0.973. The van der Waals surface area contributed by atoms with Gasteiger partial charge in [-0.3, -0.25) is 4.79 Å². The highest BCUT2D eigenvalue weighted by Gasteiger charge is 2.41. The number of hydrogen-bond donors (Lipinski definition) is 2. The molecule has 1 saturated heterocycles. The second-order valence-electron chi connectivity index (χ2n) is 5.52. The molecule has 0 aromatic heterocycles. The van der Waals surface area contributed by atoms with Crippen LogP contribution in [0.5, 0.6) is 0 Å². The maximum Gasteiger partial charge on any atom is 0.330 e. The number of rotatable bonds is 4. The van der Waals surface area contributed by atoms with E-state index in [0.717, 1.165) is 12.8 Å². The number of nitrogens with one attached hydrogen (secondary N) is 1. The number of amides is 4. The Labute approximate surface area is 127 Å². The molecule has 7 nitrogen and oxygen atoms in total. The van der Waals surface area contributed by atoms with Gasteiger partial charge in [0.1, 0.15) is 0 Å². The predicted molar refractivity (Wildman–Crippen MR) is 78.6 cm³/mol. The summed E-state index contributed by atoms with van der Waals surface area (Å²) in [6, 6.07) is 6.21. The highest BCUT2D eigenvalue weighted by atomic mass is 16.4. The van der Waals surface area contributed by atoms with E-state index in [2.05, 4.69) is 5.32 Å². The van der Waals surface area contributed by atoms with Gasteiger partial charge in [0, 0.05) is 24.8 Å². The lowest BCUT2D eigenvalue weighted by Crippen LogP contribution is -2.39. The lowest BCUT2D eigenvalue weighted by atomic mass is 10.1. The predicted octanol–water partition coefficient (Wildman–Crippen LogP) is 1.75. The standard InChI is InChI=1S/C15H17N3O4/c19-13(20)9-10-3-1-2-4-12(10)16-14(21)18-8-7-17(15(18)22)11-5-6-11/h1-4,11H,5-9H2,(H,16,21)(H,19,20). The van der Waals surface area contributed by atoms with Gasteiger partial charge in [0.05, 0.1) is 6.42 Å². The molecule has 2 aliphatic rings. The molecular weight excluding hydrogens is 286 g/mol. The first kappa shape index (κ1) is 14.4. The summed E-state index contributed by atoms with van der Waals surface area (Å²) in [7, 11) is 0. The maximum atomic E-state index is 12.3. The minimum absolute atomic E-state index is 0.182. The molecule has 2 N–H and O–H groups in total. The Bertz CT molecular complexity index is 627. The van der Waals surface area contributed by atoms with E-state index in [4.69, 9.17) is 5.11 Å². The zero-order valence-electron chi connectivity index (χ0n) is 12.0. The van der Waals surface area contributed by atoms with E-state index in [9.17, 15) is 14.4 Å². The Morgan fingerprint density at radius 2 is 1.95 bits per heavy atom. The fourth-order valence-corrected chi connectivity index (χ4v) is 2.61. The third kappa shape index (κ3) is 2.88. The number of aliphatic carboxylic acids is 1. The van der Waals surface area contributed by atoms with Gasteiger partial charge in [0.2, 0.25) is 0 Å². The zero-order valence-corrected chi connectivity index (χ0v) is 12.0. The van der Waals surface area contributed by atoms with Crippen molar-refractivity contribution >= 4 is 23.7 Å². The second kappa shape index (κ2) is 5.67. The molecule has 1 aromatic rings. The van der Waals surface area contributed by atoms with Gasteiger partial charge in [-0.1, -0.05) is 18.2 Å². The number of imide groups is 1. The van der Waals surface area contributed by atoms with Crippen molar-refractivity contribution in [2.45, 2.75) is 25.3 Å². The van der Waals surface area contributed by atoms with E-state index < -0.39 is 12.0 Å². The van der Waals surface area contributed by atoms with E-state index in [-0.39, 0.29) is 18.5 Å². The van der Waals surface area contributed by atoms with Crippen LogP contribution in [0.25, 0.3) is 0 Å². The molecule has 1 heterocycles. The fraction of sp³-hybridized carbons (Fsp3) is 0.400. The summed E-state index contributed by atoms with van der Waals surface area (Å²) < 4.78 is 0. The minimum atomic E-state index is -0.973. The van der Waals surface area contributed by atoms with Crippen molar-refractivity contribution in [2.24, 2.45) is 0 Å². The third-order valence-corrected chi connectivity index (χ3v) is 3.87. The molecule has 0 spiro atoms. The Morgan fingerprint density at radius 1 is 1.23 bits per heavy atom. The van der Waals surface area contributed by atoms with Crippen molar-refractivity contribution in [1.82, 2.24) is 9.80 Å². The third-order valence-electron chi connectivity index (χ3n) is 3.87. The van der Waals surface area contributed by atoms with Crippen LogP contribution < -0.4 is 5.32 Å². The van der Waals surface area contributed by atoms with Gasteiger partial charge in [-0.25, -0.2) is 14.5 Å². The van der Waals surface area contributed by atoms with E-state index in [1.54, 1.807) is 29.2 Å². The Balaban J connectivity index is 1.69. The van der Waals surface area contributed by atoms with Gasteiger partial charge in [-0.15, -0.1) is 0 Å². The number of carbonyl (C=O) groups is 3. The number of urea groups is 2. The van der Waals surface area contributed by atoms with Crippen LogP contribution in [0.3, 0.4) is 0 Å². The topological polar surface area (TPSA) is 89.9 Å². The van der Waals surface area contributed by atoms with Crippen molar-refractivity contribution in [3.8, 4) is 0 Å². The van der Waals surface area contributed by atoms with Crippen LogP contribution in [0.4, 0.5) is 15.3 Å². The second-order valence-corrected chi connectivity index (χ2v) is 5.52. The fourth-order valence-electron chi connectivity index (χ4n) is 2.61. The summed E-state index contributed by atoms with van der Waals surface area (Å²) in [4.78, 5) is 38.2. The molecule has 4 amide bonds. The van der Waals surface area contributed by atoms with Crippen molar-refractivity contribution in [3.63, 3.8) is 0 Å².